The number of aromatic amines is 1. The number of hydrogen-bond donors (Lipinski definition) is 1. The molecule has 1 saturated heterocycles. The molecule has 7 heteroatoms. The minimum atomic E-state index is -0.170. The molecule has 3 aromatic carbocycles. The highest BCUT2D eigenvalue weighted by molar-refractivity contribution is 5.86. The second kappa shape index (κ2) is 10.9. The number of aromatic nitrogens is 1. The molecule has 37 heavy (non-hydrogen) atoms. The molecule has 1 fully saturated rings. The highest BCUT2D eigenvalue weighted by atomic mass is 16.5. The van der Waals surface area contributed by atoms with Crippen molar-refractivity contribution in [3.8, 4) is 17.2 Å². The van der Waals surface area contributed by atoms with Crippen LogP contribution in [0.2, 0.25) is 0 Å². The molecule has 7 nitrogen and oxygen atoms in total. The van der Waals surface area contributed by atoms with E-state index in [-0.39, 0.29) is 11.8 Å². The molecule has 1 N–H and O–H groups in total. The van der Waals surface area contributed by atoms with Gasteiger partial charge in [0.2, 0.25) is 5.91 Å². The highest BCUT2D eigenvalue weighted by Crippen LogP contribution is 2.40. The SMILES string of the molecule is COc1ccc(C(CC(=O)N2CCN(c3ccccc3OC)CC2)c2c[nH]c3ccccc23)c(OC)c1. The number of nitrogens with zero attached hydrogens (tertiary/aromatic N) is 2. The molecular formula is C30H33N3O4. The van der Waals surface area contributed by atoms with E-state index in [0.29, 0.717) is 25.3 Å². The second-order valence-corrected chi connectivity index (χ2v) is 9.19. The summed E-state index contributed by atoms with van der Waals surface area (Å²) < 4.78 is 16.7. The molecule has 0 bridgehead atoms. The lowest BCUT2D eigenvalue weighted by atomic mass is 9.87. The maximum Gasteiger partial charge on any atom is 0.223 e. The van der Waals surface area contributed by atoms with Crippen molar-refractivity contribution in [2.45, 2.75) is 12.3 Å². The molecule has 1 amide bonds. The highest BCUT2D eigenvalue weighted by Gasteiger charge is 2.29. The lowest BCUT2D eigenvalue weighted by Gasteiger charge is -2.37. The molecular weight excluding hydrogens is 466 g/mol. The van der Waals surface area contributed by atoms with Gasteiger partial charge in [0.1, 0.15) is 17.2 Å². The standard InChI is InChI=1S/C30H33N3O4/c1-35-21-12-13-23(29(18-21)37-3)24(25-20-31-26-9-5-4-8-22(25)26)19-30(34)33-16-14-32(15-17-33)27-10-6-7-11-28(27)36-2/h4-13,18,20,24,31H,14-17,19H2,1-3H3. The van der Waals surface area contributed by atoms with Crippen LogP contribution in [0.4, 0.5) is 5.69 Å². The number of ether oxygens (including phenoxy) is 3. The fourth-order valence-corrected chi connectivity index (χ4v) is 5.27. The first-order chi connectivity index (χ1) is 18.1. The van der Waals surface area contributed by atoms with Crippen LogP contribution >= 0.6 is 0 Å². The van der Waals surface area contributed by atoms with Crippen molar-refractivity contribution >= 4 is 22.5 Å². The van der Waals surface area contributed by atoms with Crippen LogP contribution in [0.25, 0.3) is 10.9 Å². The zero-order chi connectivity index (χ0) is 25.8. The molecule has 5 rings (SSSR count). The van der Waals surface area contributed by atoms with Crippen molar-refractivity contribution in [3.05, 3.63) is 84.1 Å². The normalized spacial score (nSPS) is 14.5. The van der Waals surface area contributed by atoms with E-state index in [9.17, 15) is 4.79 Å². The molecule has 1 aliphatic rings. The largest absolute Gasteiger partial charge is 0.497 e. The van der Waals surface area contributed by atoms with Gasteiger partial charge < -0.3 is 29.0 Å². The average molecular weight is 500 g/mol. The Labute approximate surface area is 217 Å². The number of fused-ring (bicyclic) bond motifs is 1. The minimum absolute atomic E-state index is 0.132. The number of carbonyl (C=O) groups is 1. The van der Waals surface area contributed by atoms with Crippen molar-refractivity contribution in [3.63, 3.8) is 0 Å². The van der Waals surface area contributed by atoms with Gasteiger partial charge in [0.05, 0.1) is 27.0 Å². The van der Waals surface area contributed by atoms with Crippen molar-refractivity contribution in [2.24, 2.45) is 0 Å². The molecule has 0 aliphatic carbocycles. The minimum Gasteiger partial charge on any atom is -0.497 e. The number of methoxy groups -OCH3 is 3. The Balaban J connectivity index is 1.40. The van der Waals surface area contributed by atoms with Gasteiger partial charge in [0.25, 0.3) is 0 Å². The molecule has 0 spiro atoms. The maximum absolute atomic E-state index is 13.7. The molecule has 1 aliphatic heterocycles. The number of anilines is 1. The number of amides is 1. The van der Waals surface area contributed by atoms with E-state index < -0.39 is 0 Å². The third kappa shape index (κ3) is 4.94. The Morgan fingerprint density at radius 1 is 0.838 bits per heavy atom. The zero-order valence-electron chi connectivity index (χ0n) is 21.6. The summed E-state index contributed by atoms with van der Waals surface area (Å²) in [4.78, 5) is 21.3. The molecule has 2 heterocycles. The molecule has 192 valence electrons. The van der Waals surface area contributed by atoms with Gasteiger partial charge >= 0.3 is 0 Å². The number of rotatable bonds is 8. The van der Waals surface area contributed by atoms with Crippen molar-refractivity contribution in [1.82, 2.24) is 9.88 Å². The smallest absolute Gasteiger partial charge is 0.223 e. The first kappa shape index (κ1) is 24.6. The Kier molecular flexibility index (Phi) is 7.21. The van der Waals surface area contributed by atoms with E-state index in [1.807, 2.05) is 59.6 Å². The van der Waals surface area contributed by atoms with Gasteiger partial charge in [-0.25, -0.2) is 0 Å². The van der Waals surface area contributed by atoms with Gasteiger partial charge in [-0.3, -0.25) is 4.79 Å². The van der Waals surface area contributed by atoms with Crippen LogP contribution in [0.15, 0.2) is 72.9 Å². The van der Waals surface area contributed by atoms with Gasteiger partial charge in [-0.1, -0.05) is 36.4 Å². The predicted molar refractivity (Wildman–Crippen MR) is 146 cm³/mol. The lowest BCUT2D eigenvalue weighted by molar-refractivity contribution is -0.131. The monoisotopic (exact) mass is 499 g/mol. The van der Waals surface area contributed by atoms with Gasteiger partial charge in [0, 0.05) is 67.2 Å². The van der Waals surface area contributed by atoms with Crippen LogP contribution in [-0.4, -0.2) is 63.3 Å². The molecule has 1 unspecified atom stereocenters. The first-order valence-electron chi connectivity index (χ1n) is 12.6. The van der Waals surface area contributed by atoms with Crippen molar-refractivity contribution in [2.75, 3.05) is 52.4 Å². The second-order valence-electron chi connectivity index (χ2n) is 9.19. The number of carbonyl (C=O) groups excluding carboxylic acids is 1. The number of benzene rings is 3. The summed E-state index contributed by atoms with van der Waals surface area (Å²) in [5, 5.41) is 1.11. The third-order valence-electron chi connectivity index (χ3n) is 7.25. The fourth-order valence-electron chi connectivity index (χ4n) is 5.27. The van der Waals surface area contributed by atoms with Crippen LogP contribution in [0.5, 0.6) is 17.2 Å². The molecule has 1 aromatic heterocycles. The average Bonchev–Trinajstić information content (AvgIpc) is 3.39. The molecule has 1 atom stereocenters. The molecule has 0 radical (unpaired) electrons. The van der Waals surface area contributed by atoms with E-state index in [2.05, 4.69) is 28.1 Å². The summed E-state index contributed by atoms with van der Waals surface area (Å²) in [7, 11) is 4.99. The van der Waals surface area contributed by atoms with E-state index in [4.69, 9.17) is 14.2 Å². The lowest BCUT2D eigenvalue weighted by Crippen LogP contribution is -2.49. The molecule has 4 aromatic rings. The Bertz CT molecular complexity index is 1370. The third-order valence-corrected chi connectivity index (χ3v) is 7.25. The van der Waals surface area contributed by atoms with E-state index >= 15 is 0 Å². The van der Waals surface area contributed by atoms with Crippen LogP contribution in [-0.2, 0) is 4.79 Å². The fraction of sp³-hybridized carbons (Fsp3) is 0.300. The Morgan fingerprint density at radius 2 is 1.57 bits per heavy atom. The van der Waals surface area contributed by atoms with Crippen LogP contribution in [0, 0.1) is 0 Å². The van der Waals surface area contributed by atoms with Crippen LogP contribution in [0.3, 0.4) is 0 Å². The van der Waals surface area contributed by atoms with Crippen LogP contribution < -0.4 is 19.1 Å². The van der Waals surface area contributed by atoms with Crippen molar-refractivity contribution in [1.29, 1.82) is 0 Å². The van der Waals surface area contributed by atoms with Gasteiger partial charge in [-0.15, -0.1) is 0 Å². The summed E-state index contributed by atoms with van der Waals surface area (Å²) >= 11 is 0. The summed E-state index contributed by atoms with van der Waals surface area (Å²) in [6.45, 7) is 2.85. The van der Waals surface area contributed by atoms with Gasteiger partial charge in [0.15, 0.2) is 0 Å². The Hall–Kier alpha value is -4.13. The van der Waals surface area contributed by atoms with Gasteiger partial charge in [-0.05, 0) is 29.8 Å². The van der Waals surface area contributed by atoms with E-state index in [1.54, 1.807) is 21.3 Å². The Morgan fingerprint density at radius 3 is 2.32 bits per heavy atom. The van der Waals surface area contributed by atoms with Gasteiger partial charge in [-0.2, -0.15) is 0 Å². The maximum atomic E-state index is 13.7. The zero-order valence-corrected chi connectivity index (χ0v) is 21.6. The van der Waals surface area contributed by atoms with E-state index in [1.165, 1.54) is 0 Å². The topological polar surface area (TPSA) is 67.0 Å². The number of piperazine rings is 1. The summed E-state index contributed by atoms with van der Waals surface area (Å²) in [5.74, 6) is 2.25. The van der Waals surface area contributed by atoms with Crippen LogP contribution in [0.1, 0.15) is 23.5 Å². The first-order valence-corrected chi connectivity index (χ1v) is 12.6. The number of H-pyrrole nitrogens is 1. The summed E-state index contributed by atoms with van der Waals surface area (Å²) in [5.41, 5.74) is 4.17. The predicted octanol–water partition coefficient (Wildman–Crippen LogP) is 5.06. The number of nitrogens with one attached hydrogen (secondary N) is 1. The van der Waals surface area contributed by atoms with Crippen molar-refractivity contribution < 1.29 is 19.0 Å². The summed E-state index contributed by atoms with van der Waals surface area (Å²) in [6.07, 6.45) is 2.37. The summed E-state index contributed by atoms with van der Waals surface area (Å²) in [6, 6.07) is 22.0. The number of para-hydroxylation sites is 3. The number of hydrogen-bond acceptors (Lipinski definition) is 5. The molecule has 0 saturated carbocycles. The van der Waals surface area contributed by atoms with E-state index in [0.717, 1.165) is 52.3 Å². The quantitative estimate of drug-likeness (QED) is 0.367.